The number of fused-ring (bicyclic) bond motifs is 1. The highest BCUT2D eigenvalue weighted by Crippen LogP contribution is 2.26. The molecule has 4 heterocycles. The first-order chi connectivity index (χ1) is 11.8. The van der Waals surface area contributed by atoms with E-state index in [9.17, 15) is 4.79 Å². The van der Waals surface area contributed by atoms with Crippen molar-refractivity contribution in [3.05, 3.63) is 30.6 Å². The highest BCUT2D eigenvalue weighted by atomic mass is 16.5. The van der Waals surface area contributed by atoms with E-state index in [1.54, 1.807) is 23.4 Å². The maximum absolute atomic E-state index is 11.5. The highest BCUT2D eigenvalue weighted by molar-refractivity contribution is 5.86. The Bertz CT molecular complexity index is 872. The normalized spacial score (nSPS) is 18.0. The first kappa shape index (κ1) is 14.5. The van der Waals surface area contributed by atoms with Crippen LogP contribution in [0.2, 0.25) is 0 Å². The molecule has 0 aromatic carbocycles. The highest BCUT2D eigenvalue weighted by Gasteiger charge is 2.26. The molecule has 4 rings (SSSR count). The van der Waals surface area contributed by atoms with E-state index < -0.39 is 5.97 Å². The summed E-state index contributed by atoms with van der Waals surface area (Å²) in [5.74, 6) is 0.316. The molecule has 1 fully saturated rings. The second kappa shape index (κ2) is 5.87. The average molecular weight is 328 g/mol. The SMILES string of the molecule is COC(=O)c1cn([C@H]2CCCN(c3nccn4cnnc34)C2)nn1. The van der Waals surface area contributed by atoms with Crippen LogP contribution in [-0.4, -0.2) is 60.7 Å². The number of esters is 1. The molecular formula is C14H16N8O2. The number of hydrogen-bond acceptors (Lipinski definition) is 8. The molecule has 0 bridgehead atoms. The average Bonchev–Trinajstić information content (AvgIpc) is 3.30. The summed E-state index contributed by atoms with van der Waals surface area (Å²) < 4.78 is 8.24. The Hall–Kier alpha value is -3.04. The maximum atomic E-state index is 11.5. The van der Waals surface area contributed by atoms with Gasteiger partial charge in [0.05, 0.1) is 19.3 Å². The van der Waals surface area contributed by atoms with Crippen LogP contribution >= 0.6 is 0 Å². The predicted molar refractivity (Wildman–Crippen MR) is 82.6 cm³/mol. The lowest BCUT2D eigenvalue weighted by atomic mass is 10.1. The lowest BCUT2D eigenvalue weighted by Crippen LogP contribution is -2.37. The third-order valence-corrected chi connectivity index (χ3v) is 4.17. The van der Waals surface area contributed by atoms with Crippen molar-refractivity contribution < 1.29 is 9.53 Å². The summed E-state index contributed by atoms with van der Waals surface area (Å²) in [6.07, 6.45) is 8.78. The Morgan fingerprint density at radius 3 is 3.17 bits per heavy atom. The number of aromatic nitrogens is 7. The minimum Gasteiger partial charge on any atom is -0.464 e. The number of rotatable bonds is 3. The lowest BCUT2D eigenvalue weighted by Gasteiger charge is -2.33. The van der Waals surface area contributed by atoms with Crippen LogP contribution in [0.1, 0.15) is 29.4 Å². The summed E-state index contributed by atoms with van der Waals surface area (Å²) in [5.41, 5.74) is 0.944. The zero-order chi connectivity index (χ0) is 16.5. The minimum absolute atomic E-state index is 0.106. The molecule has 10 nitrogen and oxygen atoms in total. The first-order valence-corrected chi connectivity index (χ1v) is 7.65. The van der Waals surface area contributed by atoms with E-state index in [1.807, 2.05) is 10.6 Å². The van der Waals surface area contributed by atoms with Gasteiger partial charge in [-0.05, 0) is 12.8 Å². The van der Waals surface area contributed by atoms with Gasteiger partial charge in [0.2, 0.25) is 5.65 Å². The molecule has 0 N–H and O–H groups in total. The molecule has 0 amide bonds. The molecule has 3 aromatic rings. The van der Waals surface area contributed by atoms with Crippen LogP contribution in [0, 0.1) is 0 Å². The lowest BCUT2D eigenvalue weighted by molar-refractivity contribution is 0.0594. The Morgan fingerprint density at radius 2 is 2.29 bits per heavy atom. The number of piperidine rings is 1. The molecule has 0 unspecified atom stereocenters. The van der Waals surface area contributed by atoms with Crippen molar-refractivity contribution in [1.29, 1.82) is 0 Å². The molecule has 1 aliphatic rings. The Labute approximate surface area is 137 Å². The molecular weight excluding hydrogens is 312 g/mol. The maximum Gasteiger partial charge on any atom is 0.360 e. The van der Waals surface area contributed by atoms with Gasteiger partial charge in [-0.25, -0.2) is 14.5 Å². The van der Waals surface area contributed by atoms with Gasteiger partial charge in [0.1, 0.15) is 6.33 Å². The van der Waals surface area contributed by atoms with E-state index in [4.69, 9.17) is 0 Å². The van der Waals surface area contributed by atoms with Crippen LogP contribution in [0.4, 0.5) is 5.82 Å². The van der Waals surface area contributed by atoms with Gasteiger partial charge in [0, 0.05) is 25.5 Å². The molecule has 0 spiro atoms. The smallest absolute Gasteiger partial charge is 0.360 e. The zero-order valence-electron chi connectivity index (χ0n) is 13.1. The molecule has 24 heavy (non-hydrogen) atoms. The van der Waals surface area contributed by atoms with Crippen molar-refractivity contribution in [2.24, 2.45) is 0 Å². The second-order valence-electron chi connectivity index (χ2n) is 5.63. The number of nitrogens with zero attached hydrogens (tertiary/aromatic N) is 8. The van der Waals surface area contributed by atoms with Gasteiger partial charge in [-0.1, -0.05) is 5.21 Å². The fourth-order valence-electron chi connectivity index (χ4n) is 2.98. The molecule has 0 radical (unpaired) electrons. The van der Waals surface area contributed by atoms with Gasteiger partial charge in [-0.3, -0.25) is 4.40 Å². The van der Waals surface area contributed by atoms with Gasteiger partial charge in [-0.2, -0.15) is 0 Å². The van der Waals surface area contributed by atoms with Crippen molar-refractivity contribution in [3.63, 3.8) is 0 Å². The number of carbonyl (C=O) groups is 1. The molecule has 0 aliphatic carbocycles. The summed E-state index contributed by atoms with van der Waals surface area (Å²) >= 11 is 0. The number of anilines is 1. The number of hydrogen-bond donors (Lipinski definition) is 0. The molecule has 3 aromatic heterocycles. The van der Waals surface area contributed by atoms with Crippen LogP contribution in [-0.2, 0) is 4.74 Å². The van der Waals surface area contributed by atoms with Crippen LogP contribution < -0.4 is 4.90 Å². The van der Waals surface area contributed by atoms with Gasteiger partial charge < -0.3 is 9.64 Å². The fraction of sp³-hybridized carbons (Fsp3) is 0.429. The van der Waals surface area contributed by atoms with Gasteiger partial charge in [0.15, 0.2) is 11.5 Å². The summed E-state index contributed by atoms with van der Waals surface area (Å²) in [6, 6.07) is 0.106. The van der Waals surface area contributed by atoms with Crippen molar-refractivity contribution >= 4 is 17.4 Å². The van der Waals surface area contributed by atoms with E-state index in [0.29, 0.717) is 6.54 Å². The number of methoxy groups -OCH3 is 1. The number of carbonyl (C=O) groups excluding carboxylic acids is 1. The van der Waals surface area contributed by atoms with Crippen LogP contribution in [0.5, 0.6) is 0 Å². The largest absolute Gasteiger partial charge is 0.464 e. The van der Waals surface area contributed by atoms with Crippen LogP contribution in [0.15, 0.2) is 24.9 Å². The van der Waals surface area contributed by atoms with Gasteiger partial charge >= 0.3 is 5.97 Å². The van der Waals surface area contributed by atoms with E-state index >= 15 is 0 Å². The zero-order valence-corrected chi connectivity index (χ0v) is 13.1. The van der Waals surface area contributed by atoms with E-state index in [1.165, 1.54) is 7.11 Å². The van der Waals surface area contributed by atoms with Crippen molar-refractivity contribution in [1.82, 2.24) is 34.6 Å². The van der Waals surface area contributed by atoms with E-state index in [0.717, 1.165) is 30.9 Å². The fourth-order valence-corrected chi connectivity index (χ4v) is 2.98. The molecule has 1 atom stereocenters. The van der Waals surface area contributed by atoms with Gasteiger partial charge in [-0.15, -0.1) is 15.3 Å². The summed E-state index contributed by atoms with van der Waals surface area (Å²) in [5, 5.41) is 16.0. The molecule has 124 valence electrons. The minimum atomic E-state index is -0.483. The Morgan fingerprint density at radius 1 is 1.38 bits per heavy atom. The number of ether oxygens (including phenoxy) is 1. The summed E-state index contributed by atoms with van der Waals surface area (Å²) in [4.78, 5) is 18.2. The summed E-state index contributed by atoms with van der Waals surface area (Å²) in [7, 11) is 1.33. The Kier molecular flexibility index (Phi) is 3.56. The van der Waals surface area contributed by atoms with Crippen LogP contribution in [0.25, 0.3) is 5.65 Å². The molecule has 1 aliphatic heterocycles. The molecule has 10 heteroatoms. The first-order valence-electron chi connectivity index (χ1n) is 7.65. The predicted octanol–water partition coefficient (Wildman–Crippen LogP) is 0.344. The van der Waals surface area contributed by atoms with Crippen molar-refractivity contribution in [3.8, 4) is 0 Å². The van der Waals surface area contributed by atoms with E-state index in [2.05, 4.69) is 35.1 Å². The van der Waals surface area contributed by atoms with Gasteiger partial charge in [0.25, 0.3) is 0 Å². The Balaban J connectivity index is 1.59. The quantitative estimate of drug-likeness (QED) is 0.634. The molecule has 0 saturated carbocycles. The third-order valence-electron chi connectivity index (χ3n) is 4.17. The van der Waals surface area contributed by atoms with Crippen molar-refractivity contribution in [2.45, 2.75) is 18.9 Å². The van der Waals surface area contributed by atoms with Crippen LogP contribution in [0.3, 0.4) is 0 Å². The third kappa shape index (κ3) is 2.45. The van der Waals surface area contributed by atoms with Crippen molar-refractivity contribution in [2.75, 3.05) is 25.1 Å². The monoisotopic (exact) mass is 328 g/mol. The van der Waals surface area contributed by atoms with E-state index in [-0.39, 0.29) is 11.7 Å². The topological polar surface area (TPSA) is 103 Å². The summed E-state index contributed by atoms with van der Waals surface area (Å²) in [6.45, 7) is 1.60. The molecule has 1 saturated heterocycles. The standard InChI is InChI=1S/C14H16N8O2/c1-24-14(23)11-8-22(19-17-11)10-3-2-5-20(7-10)12-13-18-16-9-21(13)6-4-15-12/h4,6,8-10H,2-3,5,7H2,1H3/t10-/m0/s1. The second-order valence-corrected chi connectivity index (χ2v) is 5.63.